The maximum absolute atomic E-state index is 12.7. The van der Waals surface area contributed by atoms with E-state index in [0.29, 0.717) is 42.6 Å². The molecule has 1 amide bonds. The van der Waals surface area contributed by atoms with Crippen molar-refractivity contribution in [2.24, 2.45) is 5.92 Å². The van der Waals surface area contributed by atoms with Gasteiger partial charge >= 0.3 is 0 Å². The van der Waals surface area contributed by atoms with Crippen LogP contribution in [0.3, 0.4) is 0 Å². The number of benzene rings is 1. The molecule has 0 aliphatic carbocycles. The number of rotatable bonds is 7. The molecule has 0 saturated carbocycles. The highest BCUT2D eigenvalue weighted by atomic mass is 16.5. The molecule has 0 unspecified atom stereocenters. The van der Waals surface area contributed by atoms with E-state index < -0.39 is 0 Å². The molecule has 0 radical (unpaired) electrons. The quantitative estimate of drug-likeness (QED) is 0.776. The Morgan fingerprint density at radius 1 is 1.35 bits per heavy atom. The molecule has 0 aromatic heterocycles. The molecule has 0 aliphatic rings. The molecule has 0 heterocycles. The van der Waals surface area contributed by atoms with Crippen molar-refractivity contribution >= 4 is 11.6 Å². The predicted molar refractivity (Wildman–Crippen MR) is 80.0 cm³/mol. The number of nitrogen functional groups attached to an aromatic ring is 1. The number of ether oxygens (including phenoxy) is 2. The van der Waals surface area contributed by atoms with Gasteiger partial charge in [-0.2, -0.15) is 0 Å². The number of methoxy groups -OCH3 is 2. The fourth-order valence-electron chi connectivity index (χ4n) is 1.98. The van der Waals surface area contributed by atoms with E-state index in [0.717, 1.165) is 0 Å². The standard InChI is InChI=1S/C15H24N2O3/c1-11(2)10-17(7-8-19-3)15(18)13-9-12(16)5-6-14(13)20-4/h5-6,9,11H,7-8,10,16H2,1-4H3. The fourth-order valence-corrected chi connectivity index (χ4v) is 1.98. The minimum absolute atomic E-state index is 0.0834. The summed E-state index contributed by atoms with van der Waals surface area (Å²) in [6.07, 6.45) is 0. The zero-order valence-electron chi connectivity index (χ0n) is 12.7. The van der Waals surface area contributed by atoms with Crippen molar-refractivity contribution in [1.82, 2.24) is 4.90 Å². The number of hydrogen-bond acceptors (Lipinski definition) is 4. The van der Waals surface area contributed by atoms with Crippen molar-refractivity contribution < 1.29 is 14.3 Å². The summed E-state index contributed by atoms with van der Waals surface area (Å²) in [7, 11) is 3.17. The molecule has 1 aromatic carbocycles. The second-order valence-corrected chi connectivity index (χ2v) is 5.10. The number of nitrogens with two attached hydrogens (primary N) is 1. The summed E-state index contributed by atoms with van der Waals surface area (Å²) in [6, 6.07) is 5.09. The average Bonchev–Trinajstić information content (AvgIpc) is 2.42. The lowest BCUT2D eigenvalue weighted by Gasteiger charge is -2.25. The van der Waals surface area contributed by atoms with Crippen LogP contribution in [0, 0.1) is 5.92 Å². The van der Waals surface area contributed by atoms with Crippen LogP contribution in [0.1, 0.15) is 24.2 Å². The van der Waals surface area contributed by atoms with Crippen molar-refractivity contribution in [3.63, 3.8) is 0 Å². The highest BCUT2D eigenvalue weighted by Gasteiger charge is 2.20. The van der Waals surface area contributed by atoms with E-state index in [9.17, 15) is 4.79 Å². The first kappa shape index (κ1) is 16.3. The van der Waals surface area contributed by atoms with Gasteiger partial charge in [0.15, 0.2) is 0 Å². The van der Waals surface area contributed by atoms with E-state index in [2.05, 4.69) is 13.8 Å². The molecule has 0 bridgehead atoms. The Balaban J connectivity index is 3.00. The summed E-state index contributed by atoms with van der Waals surface area (Å²) in [6.45, 7) is 5.86. The second-order valence-electron chi connectivity index (χ2n) is 5.10. The van der Waals surface area contributed by atoms with Crippen molar-refractivity contribution in [3.8, 4) is 5.75 Å². The Labute approximate surface area is 120 Å². The van der Waals surface area contributed by atoms with Gasteiger partial charge in [-0.1, -0.05) is 13.8 Å². The number of hydrogen-bond donors (Lipinski definition) is 1. The Morgan fingerprint density at radius 3 is 2.60 bits per heavy atom. The molecule has 0 spiro atoms. The summed E-state index contributed by atoms with van der Waals surface area (Å²) < 4.78 is 10.3. The lowest BCUT2D eigenvalue weighted by molar-refractivity contribution is 0.0669. The minimum Gasteiger partial charge on any atom is -0.496 e. The zero-order valence-corrected chi connectivity index (χ0v) is 12.7. The molecule has 1 aromatic rings. The molecule has 5 nitrogen and oxygen atoms in total. The molecule has 5 heteroatoms. The van der Waals surface area contributed by atoms with Gasteiger partial charge in [-0.15, -0.1) is 0 Å². The van der Waals surface area contributed by atoms with Crippen LogP contribution in [0.5, 0.6) is 5.75 Å². The molecule has 20 heavy (non-hydrogen) atoms. The van der Waals surface area contributed by atoms with Gasteiger partial charge in [0.2, 0.25) is 0 Å². The smallest absolute Gasteiger partial charge is 0.257 e. The first-order valence-electron chi connectivity index (χ1n) is 6.71. The van der Waals surface area contributed by atoms with Crippen LogP contribution >= 0.6 is 0 Å². The van der Waals surface area contributed by atoms with E-state index in [1.165, 1.54) is 0 Å². The Morgan fingerprint density at radius 2 is 2.05 bits per heavy atom. The van der Waals surface area contributed by atoms with Crippen molar-refractivity contribution in [2.45, 2.75) is 13.8 Å². The summed E-state index contributed by atoms with van der Waals surface area (Å²) in [5.41, 5.74) is 6.81. The van der Waals surface area contributed by atoms with Gasteiger partial charge in [0.05, 0.1) is 19.3 Å². The monoisotopic (exact) mass is 280 g/mol. The number of carbonyl (C=O) groups excluding carboxylic acids is 1. The average molecular weight is 280 g/mol. The molecule has 0 fully saturated rings. The number of carbonyl (C=O) groups is 1. The zero-order chi connectivity index (χ0) is 15.1. The Bertz CT molecular complexity index is 447. The van der Waals surface area contributed by atoms with E-state index >= 15 is 0 Å². The normalized spacial score (nSPS) is 10.7. The Kier molecular flexibility index (Phi) is 6.31. The fraction of sp³-hybridized carbons (Fsp3) is 0.533. The molecule has 0 aliphatic heterocycles. The van der Waals surface area contributed by atoms with Crippen LogP contribution in [-0.4, -0.2) is 44.7 Å². The van der Waals surface area contributed by atoms with Gasteiger partial charge < -0.3 is 20.1 Å². The van der Waals surface area contributed by atoms with E-state index in [1.54, 1.807) is 37.3 Å². The summed E-state index contributed by atoms with van der Waals surface area (Å²) in [5.74, 6) is 0.832. The molecule has 0 saturated heterocycles. The van der Waals surface area contributed by atoms with E-state index in [4.69, 9.17) is 15.2 Å². The predicted octanol–water partition coefficient (Wildman–Crippen LogP) is 2.02. The van der Waals surface area contributed by atoms with Gasteiger partial charge in [0.1, 0.15) is 5.75 Å². The highest BCUT2D eigenvalue weighted by molar-refractivity contribution is 5.97. The van der Waals surface area contributed by atoms with Crippen LogP contribution in [0.15, 0.2) is 18.2 Å². The third kappa shape index (κ3) is 4.42. The molecular weight excluding hydrogens is 256 g/mol. The molecule has 2 N–H and O–H groups in total. The maximum Gasteiger partial charge on any atom is 0.257 e. The third-order valence-electron chi connectivity index (χ3n) is 2.89. The van der Waals surface area contributed by atoms with Crippen LogP contribution in [0.25, 0.3) is 0 Å². The number of nitrogens with zero attached hydrogens (tertiary/aromatic N) is 1. The van der Waals surface area contributed by atoms with E-state index in [-0.39, 0.29) is 5.91 Å². The SMILES string of the molecule is COCCN(CC(C)C)C(=O)c1cc(N)ccc1OC. The molecular formula is C15H24N2O3. The summed E-state index contributed by atoms with van der Waals surface area (Å²) in [4.78, 5) is 14.4. The molecule has 112 valence electrons. The number of amides is 1. The van der Waals surface area contributed by atoms with Gasteiger partial charge in [0, 0.05) is 25.9 Å². The molecule has 1 rings (SSSR count). The van der Waals surface area contributed by atoms with Crippen LogP contribution < -0.4 is 10.5 Å². The van der Waals surface area contributed by atoms with Crippen LogP contribution in [0.2, 0.25) is 0 Å². The summed E-state index contributed by atoms with van der Waals surface area (Å²) >= 11 is 0. The Hall–Kier alpha value is -1.75. The maximum atomic E-state index is 12.7. The topological polar surface area (TPSA) is 64.8 Å². The van der Waals surface area contributed by atoms with Crippen molar-refractivity contribution in [1.29, 1.82) is 0 Å². The minimum atomic E-state index is -0.0834. The van der Waals surface area contributed by atoms with Gasteiger partial charge in [-0.25, -0.2) is 0 Å². The lowest BCUT2D eigenvalue weighted by Crippen LogP contribution is -2.37. The molecule has 0 atom stereocenters. The highest BCUT2D eigenvalue weighted by Crippen LogP contribution is 2.23. The van der Waals surface area contributed by atoms with Gasteiger partial charge in [-0.3, -0.25) is 4.79 Å². The van der Waals surface area contributed by atoms with Gasteiger partial charge in [-0.05, 0) is 24.1 Å². The van der Waals surface area contributed by atoms with E-state index in [1.807, 2.05) is 0 Å². The van der Waals surface area contributed by atoms with Gasteiger partial charge in [0.25, 0.3) is 5.91 Å². The second kappa shape index (κ2) is 7.75. The largest absolute Gasteiger partial charge is 0.496 e. The van der Waals surface area contributed by atoms with Crippen molar-refractivity contribution in [3.05, 3.63) is 23.8 Å². The number of anilines is 1. The first-order valence-corrected chi connectivity index (χ1v) is 6.71. The van der Waals surface area contributed by atoms with Crippen LogP contribution in [-0.2, 0) is 4.74 Å². The summed E-state index contributed by atoms with van der Waals surface area (Å²) in [5, 5.41) is 0. The third-order valence-corrected chi connectivity index (χ3v) is 2.89. The van der Waals surface area contributed by atoms with Crippen LogP contribution in [0.4, 0.5) is 5.69 Å². The lowest BCUT2D eigenvalue weighted by atomic mass is 10.1. The first-order chi connectivity index (χ1) is 9.49. The van der Waals surface area contributed by atoms with Crippen molar-refractivity contribution in [2.75, 3.05) is 39.6 Å².